The van der Waals surface area contributed by atoms with Crippen molar-refractivity contribution in [1.29, 1.82) is 0 Å². The molecular weight excluding hydrogens is 328 g/mol. The number of rotatable bonds is 4. The molecule has 4 rings (SSSR count). The lowest BCUT2D eigenvalue weighted by atomic mass is 9.87. The van der Waals surface area contributed by atoms with Crippen LogP contribution in [0.4, 0.5) is 5.69 Å². The van der Waals surface area contributed by atoms with Crippen LogP contribution in [0, 0.1) is 10.1 Å². The molecule has 0 saturated carbocycles. The topological polar surface area (TPSA) is 61.6 Å². The molecule has 3 heterocycles. The van der Waals surface area contributed by atoms with Crippen molar-refractivity contribution in [3.05, 3.63) is 52.0 Å². The molecule has 2 atom stereocenters. The Kier molecular flexibility index (Phi) is 3.99. The van der Waals surface area contributed by atoms with Crippen molar-refractivity contribution in [2.45, 2.75) is 63.1 Å². The SMILES string of the molecule is CN1C2CCCC1(NC(=C[N+](=O)[O-])N1CC(C)(C)c3ccccc31)CC2. The second-order valence-electron chi connectivity index (χ2n) is 8.64. The van der Waals surface area contributed by atoms with Crippen LogP contribution in [0.5, 0.6) is 0 Å². The average molecular weight is 356 g/mol. The third-order valence-electron chi connectivity index (χ3n) is 6.60. The molecule has 0 spiro atoms. The summed E-state index contributed by atoms with van der Waals surface area (Å²) in [7, 11) is 2.16. The zero-order chi connectivity index (χ0) is 18.5. The monoisotopic (exact) mass is 356 g/mol. The van der Waals surface area contributed by atoms with E-state index in [0.717, 1.165) is 37.7 Å². The van der Waals surface area contributed by atoms with E-state index < -0.39 is 0 Å². The van der Waals surface area contributed by atoms with Crippen LogP contribution in [-0.2, 0) is 5.41 Å². The van der Waals surface area contributed by atoms with Gasteiger partial charge in [0.15, 0.2) is 5.82 Å². The number of benzene rings is 1. The van der Waals surface area contributed by atoms with Crippen molar-refractivity contribution in [1.82, 2.24) is 10.2 Å². The minimum Gasteiger partial charge on any atom is -0.348 e. The summed E-state index contributed by atoms with van der Waals surface area (Å²) in [6, 6.07) is 8.85. The van der Waals surface area contributed by atoms with Gasteiger partial charge < -0.3 is 10.2 Å². The summed E-state index contributed by atoms with van der Waals surface area (Å²) >= 11 is 0. The molecule has 0 aliphatic carbocycles. The number of nitro groups is 1. The lowest BCUT2D eigenvalue weighted by Gasteiger charge is -2.45. The van der Waals surface area contributed by atoms with Gasteiger partial charge in [0.25, 0.3) is 6.20 Å². The van der Waals surface area contributed by atoms with E-state index in [0.29, 0.717) is 11.9 Å². The Bertz CT molecular complexity index is 756. The van der Waals surface area contributed by atoms with Gasteiger partial charge in [-0.1, -0.05) is 32.0 Å². The van der Waals surface area contributed by atoms with Crippen molar-refractivity contribution < 1.29 is 4.92 Å². The van der Waals surface area contributed by atoms with Crippen molar-refractivity contribution in [3.63, 3.8) is 0 Å². The van der Waals surface area contributed by atoms with Gasteiger partial charge in [-0.2, -0.15) is 0 Å². The van der Waals surface area contributed by atoms with Gasteiger partial charge >= 0.3 is 0 Å². The van der Waals surface area contributed by atoms with E-state index in [1.165, 1.54) is 18.4 Å². The molecule has 1 N–H and O–H groups in total. The van der Waals surface area contributed by atoms with Crippen LogP contribution in [0.25, 0.3) is 0 Å². The molecule has 0 radical (unpaired) electrons. The lowest BCUT2D eigenvalue weighted by Crippen LogP contribution is -2.59. The summed E-state index contributed by atoms with van der Waals surface area (Å²) in [4.78, 5) is 15.6. The van der Waals surface area contributed by atoms with Gasteiger partial charge in [0.2, 0.25) is 0 Å². The maximum absolute atomic E-state index is 11.4. The highest BCUT2D eigenvalue weighted by Gasteiger charge is 2.48. The number of nitrogens with zero attached hydrogens (tertiary/aromatic N) is 3. The number of fused-ring (bicyclic) bond motifs is 3. The summed E-state index contributed by atoms with van der Waals surface area (Å²) < 4.78 is 0. The van der Waals surface area contributed by atoms with E-state index in [4.69, 9.17) is 0 Å². The molecule has 2 fully saturated rings. The van der Waals surface area contributed by atoms with Gasteiger partial charge in [-0.05, 0) is 50.8 Å². The Morgan fingerprint density at radius 3 is 2.85 bits per heavy atom. The predicted molar refractivity (Wildman–Crippen MR) is 102 cm³/mol. The summed E-state index contributed by atoms with van der Waals surface area (Å²) in [6.45, 7) is 5.14. The zero-order valence-corrected chi connectivity index (χ0v) is 15.9. The van der Waals surface area contributed by atoms with Crippen LogP contribution < -0.4 is 10.2 Å². The molecular formula is C20H28N4O2. The molecule has 0 aromatic heterocycles. The fourth-order valence-corrected chi connectivity index (χ4v) is 5.18. The molecule has 0 amide bonds. The van der Waals surface area contributed by atoms with E-state index in [1.54, 1.807) is 0 Å². The standard InChI is InChI=1S/C20H28N4O2/c1-19(2)14-23(17-9-5-4-8-16(17)19)18(13-24(25)26)21-20-11-6-7-15(10-12-20)22(20)3/h4-5,8-9,13,15,21H,6-7,10-12,14H2,1-3H3. The largest absolute Gasteiger partial charge is 0.348 e. The van der Waals surface area contributed by atoms with Gasteiger partial charge in [-0.15, -0.1) is 0 Å². The first-order valence-electron chi connectivity index (χ1n) is 9.56. The maximum Gasteiger partial charge on any atom is 0.274 e. The minimum atomic E-state index is -0.331. The molecule has 6 heteroatoms. The number of nitrogens with one attached hydrogen (secondary N) is 1. The van der Waals surface area contributed by atoms with E-state index in [9.17, 15) is 10.1 Å². The first kappa shape index (κ1) is 17.3. The maximum atomic E-state index is 11.4. The fraction of sp³-hybridized carbons (Fsp3) is 0.600. The third-order valence-corrected chi connectivity index (χ3v) is 6.60. The highest BCUT2D eigenvalue weighted by Crippen LogP contribution is 2.45. The molecule has 6 nitrogen and oxygen atoms in total. The summed E-state index contributed by atoms with van der Waals surface area (Å²) in [5, 5.41) is 15.0. The van der Waals surface area contributed by atoms with Crippen LogP contribution in [-0.4, -0.2) is 35.1 Å². The number of hydrogen-bond donors (Lipinski definition) is 1. The van der Waals surface area contributed by atoms with Gasteiger partial charge in [0, 0.05) is 23.7 Å². The third kappa shape index (κ3) is 2.67. The number of piperidine rings is 1. The molecule has 3 aliphatic rings. The Labute approximate surface area is 155 Å². The van der Waals surface area contributed by atoms with Gasteiger partial charge in [-0.25, -0.2) is 0 Å². The number of hydrogen-bond acceptors (Lipinski definition) is 5. The highest BCUT2D eigenvalue weighted by molar-refractivity contribution is 5.65. The minimum absolute atomic E-state index is 0.0394. The van der Waals surface area contributed by atoms with Crippen molar-refractivity contribution in [3.8, 4) is 0 Å². The average Bonchev–Trinajstić information content (AvgIpc) is 2.93. The second-order valence-corrected chi connectivity index (χ2v) is 8.64. The molecule has 3 aliphatic heterocycles. The van der Waals surface area contributed by atoms with Gasteiger partial charge in [0.05, 0.1) is 10.6 Å². The van der Waals surface area contributed by atoms with Crippen LogP contribution in [0.15, 0.2) is 36.3 Å². The highest BCUT2D eigenvalue weighted by atomic mass is 16.6. The van der Waals surface area contributed by atoms with Crippen molar-refractivity contribution in [2.75, 3.05) is 18.5 Å². The molecule has 1 aromatic rings. The smallest absolute Gasteiger partial charge is 0.274 e. The molecule has 2 unspecified atom stereocenters. The van der Waals surface area contributed by atoms with E-state index in [2.05, 4.69) is 48.1 Å². The van der Waals surface area contributed by atoms with Crippen molar-refractivity contribution in [2.24, 2.45) is 0 Å². The van der Waals surface area contributed by atoms with Gasteiger partial charge in [-0.3, -0.25) is 15.0 Å². The molecule has 2 bridgehead atoms. The van der Waals surface area contributed by atoms with Crippen LogP contribution in [0.3, 0.4) is 0 Å². The van der Waals surface area contributed by atoms with E-state index in [1.807, 2.05) is 12.1 Å². The number of para-hydroxylation sites is 1. The zero-order valence-electron chi connectivity index (χ0n) is 15.9. The normalized spacial score (nSPS) is 30.3. The Morgan fingerprint density at radius 1 is 1.31 bits per heavy atom. The Morgan fingerprint density at radius 2 is 2.08 bits per heavy atom. The molecule has 1 aromatic carbocycles. The lowest BCUT2D eigenvalue weighted by molar-refractivity contribution is -0.404. The van der Waals surface area contributed by atoms with Crippen LogP contribution >= 0.6 is 0 Å². The van der Waals surface area contributed by atoms with E-state index >= 15 is 0 Å². The molecule has 140 valence electrons. The predicted octanol–water partition coefficient (Wildman–Crippen LogP) is 3.42. The first-order valence-corrected chi connectivity index (χ1v) is 9.56. The van der Waals surface area contributed by atoms with Crippen LogP contribution in [0.2, 0.25) is 0 Å². The van der Waals surface area contributed by atoms with Crippen LogP contribution in [0.1, 0.15) is 51.5 Å². The molecule has 26 heavy (non-hydrogen) atoms. The van der Waals surface area contributed by atoms with E-state index in [-0.39, 0.29) is 16.0 Å². The number of anilines is 1. The quantitative estimate of drug-likeness (QED) is 0.662. The van der Waals surface area contributed by atoms with Crippen molar-refractivity contribution >= 4 is 5.69 Å². The van der Waals surface area contributed by atoms with Gasteiger partial charge in [0.1, 0.15) is 0 Å². The summed E-state index contributed by atoms with van der Waals surface area (Å²) in [5.74, 6) is 0.613. The first-order chi connectivity index (χ1) is 12.3. The second kappa shape index (κ2) is 5.98. The Balaban J connectivity index is 1.71. The summed E-state index contributed by atoms with van der Waals surface area (Å²) in [6.07, 6.45) is 6.81. The fourth-order valence-electron chi connectivity index (χ4n) is 5.18. The summed E-state index contributed by atoms with van der Waals surface area (Å²) in [5.41, 5.74) is 2.12. The Hall–Kier alpha value is -2.08. The molecule has 2 saturated heterocycles.